The minimum absolute atomic E-state index is 0.0386. The first-order valence-electron chi connectivity index (χ1n) is 9.05. The van der Waals surface area contributed by atoms with E-state index in [1.807, 2.05) is 18.2 Å². The van der Waals surface area contributed by atoms with E-state index >= 15 is 0 Å². The van der Waals surface area contributed by atoms with Crippen molar-refractivity contribution in [3.8, 4) is 11.5 Å². The molecule has 2 aliphatic carbocycles. The molecular formula is C19H26N2O3. The number of hydrogen-bond donors (Lipinski definition) is 1. The molecule has 0 bridgehead atoms. The molecule has 2 saturated carbocycles. The smallest absolute Gasteiger partial charge is 0.321 e. The van der Waals surface area contributed by atoms with Gasteiger partial charge in [0.25, 0.3) is 0 Å². The molecule has 24 heavy (non-hydrogen) atoms. The molecule has 0 radical (unpaired) electrons. The first-order valence-corrected chi connectivity index (χ1v) is 9.05. The minimum Gasteiger partial charge on any atom is -0.493 e. The summed E-state index contributed by atoms with van der Waals surface area (Å²) in [7, 11) is 1.65. The van der Waals surface area contributed by atoms with E-state index in [1.54, 1.807) is 12.0 Å². The SMILES string of the molecule is COc1ccc(N2CCCNC2=O)cc1OCC1CC2(CCC2)C1. The van der Waals surface area contributed by atoms with Crippen LogP contribution in [0.25, 0.3) is 0 Å². The van der Waals surface area contributed by atoms with Gasteiger partial charge in [-0.1, -0.05) is 6.42 Å². The molecule has 4 rings (SSSR count). The molecule has 1 spiro atoms. The van der Waals surface area contributed by atoms with Gasteiger partial charge < -0.3 is 14.8 Å². The van der Waals surface area contributed by atoms with E-state index in [9.17, 15) is 4.79 Å². The van der Waals surface area contributed by atoms with Crippen molar-refractivity contribution in [3.05, 3.63) is 18.2 Å². The predicted octanol–water partition coefficient (Wildman–Crippen LogP) is 3.57. The quantitative estimate of drug-likeness (QED) is 0.898. The highest BCUT2D eigenvalue weighted by molar-refractivity contribution is 5.93. The summed E-state index contributed by atoms with van der Waals surface area (Å²) < 4.78 is 11.5. The second-order valence-electron chi connectivity index (χ2n) is 7.51. The minimum atomic E-state index is -0.0386. The average molecular weight is 330 g/mol. The van der Waals surface area contributed by atoms with Crippen LogP contribution in [0.1, 0.15) is 38.5 Å². The van der Waals surface area contributed by atoms with Gasteiger partial charge >= 0.3 is 6.03 Å². The number of carbonyl (C=O) groups is 1. The van der Waals surface area contributed by atoms with Crippen LogP contribution in [0, 0.1) is 11.3 Å². The largest absolute Gasteiger partial charge is 0.493 e. The summed E-state index contributed by atoms with van der Waals surface area (Å²) in [5.41, 5.74) is 1.54. The highest BCUT2D eigenvalue weighted by Crippen LogP contribution is 2.58. The highest BCUT2D eigenvalue weighted by atomic mass is 16.5. The lowest BCUT2D eigenvalue weighted by Gasteiger charge is -2.54. The summed E-state index contributed by atoms with van der Waals surface area (Å²) in [6.07, 6.45) is 7.80. The lowest BCUT2D eigenvalue weighted by molar-refractivity contribution is -0.0419. The Morgan fingerprint density at radius 2 is 2.08 bits per heavy atom. The Hall–Kier alpha value is -1.91. The van der Waals surface area contributed by atoms with Crippen LogP contribution in [0.4, 0.5) is 10.5 Å². The lowest BCUT2D eigenvalue weighted by atomic mass is 9.52. The van der Waals surface area contributed by atoms with Crippen molar-refractivity contribution in [1.82, 2.24) is 5.32 Å². The third kappa shape index (κ3) is 2.80. The number of urea groups is 1. The third-order valence-corrected chi connectivity index (χ3v) is 5.87. The van der Waals surface area contributed by atoms with E-state index < -0.39 is 0 Å². The molecule has 1 aliphatic heterocycles. The van der Waals surface area contributed by atoms with E-state index in [4.69, 9.17) is 9.47 Å². The maximum Gasteiger partial charge on any atom is 0.321 e. The van der Waals surface area contributed by atoms with Crippen LogP contribution in [0.15, 0.2) is 18.2 Å². The Balaban J connectivity index is 1.42. The standard InChI is InChI=1S/C19H26N2O3/c1-23-16-5-4-15(21-9-3-8-20-18(21)22)10-17(16)24-13-14-11-19(12-14)6-2-7-19/h4-5,10,14H,2-3,6-9,11-13H2,1H3,(H,20,22). The molecule has 1 heterocycles. The molecule has 1 N–H and O–H groups in total. The summed E-state index contributed by atoms with van der Waals surface area (Å²) in [5, 5.41) is 2.88. The molecule has 1 saturated heterocycles. The van der Waals surface area contributed by atoms with Crippen LogP contribution >= 0.6 is 0 Å². The van der Waals surface area contributed by atoms with Crippen molar-refractivity contribution in [2.45, 2.75) is 38.5 Å². The number of benzene rings is 1. The number of ether oxygens (including phenoxy) is 2. The second kappa shape index (κ2) is 6.19. The van der Waals surface area contributed by atoms with E-state index in [-0.39, 0.29) is 6.03 Å². The van der Waals surface area contributed by atoms with Crippen LogP contribution in [-0.2, 0) is 0 Å². The summed E-state index contributed by atoms with van der Waals surface area (Å²) >= 11 is 0. The lowest BCUT2D eigenvalue weighted by Crippen LogP contribution is -2.46. The second-order valence-corrected chi connectivity index (χ2v) is 7.51. The summed E-state index contributed by atoms with van der Waals surface area (Å²) in [5.74, 6) is 2.13. The maximum atomic E-state index is 12.0. The zero-order chi connectivity index (χ0) is 16.6. The van der Waals surface area contributed by atoms with Gasteiger partial charge in [0.05, 0.1) is 13.7 Å². The number of hydrogen-bond acceptors (Lipinski definition) is 3. The van der Waals surface area contributed by atoms with Crippen molar-refractivity contribution < 1.29 is 14.3 Å². The van der Waals surface area contributed by atoms with E-state index in [0.717, 1.165) is 43.3 Å². The summed E-state index contributed by atoms with van der Waals surface area (Å²) in [4.78, 5) is 13.8. The summed E-state index contributed by atoms with van der Waals surface area (Å²) in [6.45, 7) is 2.23. The van der Waals surface area contributed by atoms with Gasteiger partial charge in [0.2, 0.25) is 0 Å². The van der Waals surface area contributed by atoms with Gasteiger partial charge in [0, 0.05) is 24.8 Å². The molecule has 5 heteroatoms. The van der Waals surface area contributed by atoms with Gasteiger partial charge in [0.1, 0.15) is 0 Å². The Bertz CT molecular complexity index is 619. The van der Waals surface area contributed by atoms with Gasteiger partial charge in [-0.15, -0.1) is 0 Å². The van der Waals surface area contributed by atoms with Crippen LogP contribution in [-0.4, -0.2) is 32.8 Å². The first-order chi connectivity index (χ1) is 11.7. The van der Waals surface area contributed by atoms with Crippen molar-refractivity contribution in [1.29, 1.82) is 0 Å². The maximum absolute atomic E-state index is 12.0. The molecule has 3 aliphatic rings. The summed E-state index contributed by atoms with van der Waals surface area (Å²) in [6, 6.07) is 5.70. The Kier molecular flexibility index (Phi) is 4.02. The van der Waals surface area contributed by atoms with E-state index in [1.165, 1.54) is 32.1 Å². The fourth-order valence-corrected chi connectivity index (χ4v) is 4.40. The van der Waals surface area contributed by atoms with Gasteiger partial charge in [-0.05, 0) is 55.6 Å². The number of carbonyl (C=O) groups excluding carboxylic acids is 1. The third-order valence-electron chi connectivity index (χ3n) is 5.87. The van der Waals surface area contributed by atoms with Crippen molar-refractivity contribution >= 4 is 11.7 Å². The van der Waals surface area contributed by atoms with Crippen molar-refractivity contribution in [2.24, 2.45) is 11.3 Å². The Morgan fingerprint density at radius 3 is 2.75 bits per heavy atom. The molecule has 5 nitrogen and oxygen atoms in total. The number of amides is 2. The number of methoxy groups -OCH3 is 1. The monoisotopic (exact) mass is 330 g/mol. The molecule has 3 fully saturated rings. The fraction of sp³-hybridized carbons (Fsp3) is 0.632. The van der Waals surface area contributed by atoms with E-state index in [2.05, 4.69) is 5.32 Å². The number of anilines is 1. The van der Waals surface area contributed by atoms with Crippen LogP contribution in [0.3, 0.4) is 0 Å². The normalized spacial score (nSPS) is 22.5. The molecule has 1 aromatic rings. The molecule has 0 unspecified atom stereocenters. The molecule has 2 amide bonds. The number of nitrogens with zero attached hydrogens (tertiary/aromatic N) is 1. The topological polar surface area (TPSA) is 50.8 Å². The Labute approximate surface area is 143 Å². The zero-order valence-corrected chi connectivity index (χ0v) is 14.3. The molecule has 130 valence electrons. The van der Waals surface area contributed by atoms with Crippen molar-refractivity contribution in [2.75, 3.05) is 31.7 Å². The van der Waals surface area contributed by atoms with Gasteiger partial charge in [-0.25, -0.2) is 4.79 Å². The highest BCUT2D eigenvalue weighted by Gasteiger charge is 2.48. The van der Waals surface area contributed by atoms with Gasteiger partial charge in [-0.2, -0.15) is 0 Å². The average Bonchev–Trinajstić information content (AvgIpc) is 2.52. The molecular weight excluding hydrogens is 304 g/mol. The van der Waals surface area contributed by atoms with Gasteiger partial charge in [0.15, 0.2) is 11.5 Å². The molecule has 0 atom stereocenters. The van der Waals surface area contributed by atoms with Crippen LogP contribution in [0.5, 0.6) is 11.5 Å². The zero-order valence-electron chi connectivity index (χ0n) is 14.3. The van der Waals surface area contributed by atoms with Gasteiger partial charge in [-0.3, -0.25) is 4.90 Å². The number of nitrogens with one attached hydrogen (secondary N) is 1. The predicted molar refractivity (Wildman–Crippen MR) is 92.9 cm³/mol. The fourth-order valence-electron chi connectivity index (χ4n) is 4.40. The number of rotatable bonds is 5. The van der Waals surface area contributed by atoms with Crippen LogP contribution < -0.4 is 19.7 Å². The molecule has 1 aromatic carbocycles. The molecule has 0 aromatic heterocycles. The Morgan fingerprint density at radius 1 is 1.25 bits per heavy atom. The van der Waals surface area contributed by atoms with E-state index in [0.29, 0.717) is 11.3 Å². The van der Waals surface area contributed by atoms with Crippen LogP contribution in [0.2, 0.25) is 0 Å². The van der Waals surface area contributed by atoms with Crippen molar-refractivity contribution in [3.63, 3.8) is 0 Å². The first kappa shape index (κ1) is 15.6.